The lowest BCUT2D eigenvalue weighted by atomic mass is 10.1. The summed E-state index contributed by atoms with van der Waals surface area (Å²) in [6, 6.07) is 1.68. The second-order valence-corrected chi connectivity index (χ2v) is 6.41. The molecular formula is C16H24N4O3S. The molecule has 1 rings (SSSR count). The van der Waals surface area contributed by atoms with Crippen LogP contribution < -0.4 is 0 Å². The van der Waals surface area contributed by atoms with E-state index in [0.717, 1.165) is 11.3 Å². The van der Waals surface area contributed by atoms with Crippen molar-refractivity contribution < 1.29 is 14.6 Å². The van der Waals surface area contributed by atoms with Gasteiger partial charge in [-0.05, 0) is 20.8 Å². The van der Waals surface area contributed by atoms with E-state index in [1.165, 1.54) is 11.8 Å². The molecule has 1 aromatic heterocycles. The van der Waals surface area contributed by atoms with Crippen molar-refractivity contribution in [2.45, 2.75) is 40.2 Å². The lowest BCUT2D eigenvalue weighted by Gasteiger charge is -2.19. The first-order valence-electron chi connectivity index (χ1n) is 7.37. The Kier molecular flexibility index (Phi) is 8.71. The third-order valence-electron chi connectivity index (χ3n) is 2.13. The normalized spacial score (nSPS) is 11.9. The highest BCUT2D eigenvalue weighted by molar-refractivity contribution is 7.11. The predicted octanol–water partition coefficient (Wildman–Crippen LogP) is 3.53. The van der Waals surface area contributed by atoms with Crippen molar-refractivity contribution in [3.8, 4) is 6.07 Å². The highest BCUT2D eigenvalue weighted by Crippen LogP contribution is 2.30. The summed E-state index contributed by atoms with van der Waals surface area (Å²) >= 11 is 1.08. The van der Waals surface area contributed by atoms with Crippen LogP contribution in [0.15, 0.2) is 16.1 Å². The second kappa shape index (κ2) is 9.67. The molecular weight excluding hydrogens is 328 g/mol. The number of carbonyl (C=O) groups excluding carboxylic acids is 1. The van der Waals surface area contributed by atoms with Crippen LogP contribution in [0.2, 0.25) is 0 Å². The number of hydrogen-bond donors (Lipinski definition) is 1. The Bertz CT molecular complexity index is 649. The van der Waals surface area contributed by atoms with E-state index in [1.807, 2.05) is 13.8 Å². The molecule has 1 aromatic rings. The fourth-order valence-electron chi connectivity index (χ4n) is 1.30. The van der Waals surface area contributed by atoms with E-state index < -0.39 is 22.9 Å². The summed E-state index contributed by atoms with van der Waals surface area (Å²) in [5.74, 6) is -1.14. The summed E-state index contributed by atoms with van der Waals surface area (Å²) in [6.45, 7) is 9.03. The molecule has 1 N–H and O–H groups in total. The average molecular weight is 352 g/mol. The van der Waals surface area contributed by atoms with Gasteiger partial charge in [0.05, 0.1) is 11.8 Å². The Morgan fingerprint density at radius 3 is 2.50 bits per heavy atom. The Morgan fingerprint density at radius 1 is 1.46 bits per heavy atom. The van der Waals surface area contributed by atoms with Crippen LogP contribution >= 0.6 is 11.3 Å². The zero-order valence-electron chi connectivity index (χ0n) is 15.1. The average Bonchev–Trinajstić information content (AvgIpc) is 2.94. The van der Waals surface area contributed by atoms with Crippen molar-refractivity contribution in [1.29, 1.82) is 5.26 Å². The zero-order chi connectivity index (χ0) is 18.9. The van der Waals surface area contributed by atoms with E-state index in [0.29, 0.717) is 0 Å². The van der Waals surface area contributed by atoms with E-state index in [9.17, 15) is 9.90 Å². The molecule has 0 atom stereocenters. The molecule has 0 bridgehead atoms. The number of ether oxygens (including phenoxy) is 1. The molecule has 0 aromatic carbocycles. The SMILES string of the molecule is CC.CN(C)/C=N/c1ncsc1/C(O)=C(\C#N)C(=O)OC(C)(C)C. The molecule has 0 radical (unpaired) electrons. The number of aromatic nitrogens is 1. The van der Waals surface area contributed by atoms with Crippen LogP contribution in [0, 0.1) is 11.3 Å². The largest absolute Gasteiger partial charge is 0.505 e. The number of nitrogens with zero attached hydrogens (tertiary/aromatic N) is 4. The Hall–Kier alpha value is -2.40. The number of aliphatic hydroxyl groups excluding tert-OH is 1. The zero-order valence-corrected chi connectivity index (χ0v) is 15.9. The summed E-state index contributed by atoms with van der Waals surface area (Å²) in [5.41, 5.74) is 0.234. The molecule has 0 aliphatic rings. The molecule has 0 spiro atoms. The van der Waals surface area contributed by atoms with Crippen LogP contribution in [0.3, 0.4) is 0 Å². The van der Waals surface area contributed by atoms with Crippen LogP contribution in [0.4, 0.5) is 5.82 Å². The van der Waals surface area contributed by atoms with Crippen LogP contribution in [0.25, 0.3) is 5.76 Å². The first-order valence-corrected chi connectivity index (χ1v) is 8.25. The van der Waals surface area contributed by atoms with E-state index in [4.69, 9.17) is 10.00 Å². The summed E-state index contributed by atoms with van der Waals surface area (Å²) in [6.07, 6.45) is 1.51. The molecule has 8 heteroatoms. The third-order valence-corrected chi connectivity index (χ3v) is 2.95. The molecule has 0 saturated carbocycles. The smallest absolute Gasteiger partial charge is 0.353 e. The summed E-state index contributed by atoms with van der Waals surface area (Å²) in [7, 11) is 3.57. The lowest BCUT2D eigenvalue weighted by Crippen LogP contribution is -2.25. The van der Waals surface area contributed by atoms with Gasteiger partial charge < -0.3 is 14.7 Å². The molecule has 0 amide bonds. The Labute approximate surface area is 146 Å². The van der Waals surface area contributed by atoms with Crippen molar-refractivity contribution in [3.63, 3.8) is 0 Å². The van der Waals surface area contributed by atoms with E-state index in [1.54, 1.807) is 45.8 Å². The predicted molar refractivity (Wildman–Crippen MR) is 96.3 cm³/mol. The van der Waals surface area contributed by atoms with Gasteiger partial charge in [-0.3, -0.25) is 0 Å². The highest BCUT2D eigenvalue weighted by Gasteiger charge is 2.25. The maximum atomic E-state index is 12.0. The standard InChI is InChI=1S/C14H18N4O3S.C2H6/c1-14(2,3)21-13(20)9(6-15)10(19)11-12(17-8-22-11)16-7-18(4)5;1-2/h7-8,19H,1-5H3;1-2H3/b10-9-,16-7+;. The molecule has 7 nitrogen and oxygen atoms in total. The van der Waals surface area contributed by atoms with E-state index in [-0.39, 0.29) is 10.7 Å². The van der Waals surface area contributed by atoms with Crippen molar-refractivity contribution in [1.82, 2.24) is 9.88 Å². The highest BCUT2D eigenvalue weighted by atomic mass is 32.1. The van der Waals surface area contributed by atoms with Crippen LogP contribution in [-0.4, -0.2) is 47.0 Å². The first kappa shape index (κ1) is 21.6. The minimum absolute atomic E-state index is 0.229. The van der Waals surface area contributed by atoms with Crippen molar-refractivity contribution in [2.75, 3.05) is 14.1 Å². The molecule has 0 aliphatic heterocycles. The van der Waals surface area contributed by atoms with E-state index >= 15 is 0 Å². The molecule has 1 heterocycles. The number of aliphatic imine (C=N–C) groups is 1. The number of aliphatic hydroxyl groups is 1. The number of esters is 1. The molecule has 132 valence electrons. The van der Waals surface area contributed by atoms with Gasteiger partial charge >= 0.3 is 5.97 Å². The van der Waals surface area contributed by atoms with Gasteiger partial charge in [0, 0.05) is 14.1 Å². The van der Waals surface area contributed by atoms with Crippen molar-refractivity contribution >= 4 is 35.2 Å². The fraction of sp³-hybridized carbons (Fsp3) is 0.500. The van der Waals surface area contributed by atoms with Gasteiger partial charge in [0.2, 0.25) is 0 Å². The summed E-state index contributed by atoms with van der Waals surface area (Å²) in [4.78, 5) is 22.0. The second-order valence-electron chi connectivity index (χ2n) is 5.55. The summed E-state index contributed by atoms with van der Waals surface area (Å²) in [5, 5.41) is 19.4. The van der Waals surface area contributed by atoms with Gasteiger partial charge in [0.15, 0.2) is 17.2 Å². The molecule has 0 fully saturated rings. The molecule has 24 heavy (non-hydrogen) atoms. The maximum Gasteiger partial charge on any atom is 0.353 e. The molecule has 0 saturated heterocycles. The van der Waals surface area contributed by atoms with Crippen LogP contribution in [0.1, 0.15) is 39.5 Å². The number of thiazole rings is 1. The minimum atomic E-state index is -0.886. The monoisotopic (exact) mass is 352 g/mol. The number of rotatable bonds is 4. The maximum absolute atomic E-state index is 12.0. The third kappa shape index (κ3) is 6.79. The first-order chi connectivity index (χ1) is 11.2. The minimum Gasteiger partial charge on any atom is -0.505 e. The molecule has 0 aliphatic carbocycles. The number of hydrogen-bond acceptors (Lipinski definition) is 7. The number of carbonyl (C=O) groups is 1. The Balaban J connectivity index is 0.00000254. The van der Waals surface area contributed by atoms with Gasteiger partial charge in [-0.2, -0.15) is 5.26 Å². The van der Waals surface area contributed by atoms with Gasteiger partial charge in [-0.25, -0.2) is 14.8 Å². The van der Waals surface area contributed by atoms with Gasteiger partial charge in [0.1, 0.15) is 16.5 Å². The van der Waals surface area contributed by atoms with Crippen LogP contribution in [-0.2, 0) is 9.53 Å². The number of nitriles is 1. The Morgan fingerprint density at radius 2 is 2.04 bits per heavy atom. The van der Waals surface area contributed by atoms with Gasteiger partial charge in [-0.15, -0.1) is 11.3 Å². The van der Waals surface area contributed by atoms with Crippen LogP contribution in [0.5, 0.6) is 0 Å². The molecule has 0 unspecified atom stereocenters. The lowest BCUT2D eigenvalue weighted by molar-refractivity contribution is -0.149. The topological polar surface area (TPSA) is 98.8 Å². The van der Waals surface area contributed by atoms with Crippen molar-refractivity contribution in [3.05, 3.63) is 16.0 Å². The van der Waals surface area contributed by atoms with E-state index in [2.05, 4.69) is 9.98 Å². The fourth-order valence-corrected chi connectivity index (χ4v) is 1.98. The van der Waals surface area contributed by atoms with Gasteiger partial charge in [-0.1, -0.05) is 13.8 Å². The summed E-state index contributed by atoms with van der Waals surface area (Å²) < 4.78 is 5.11. The van der Waals surface area contributed by atoms with Gasteiger partial charge in [0.25, 0.3) is 0 Å². The quantitative estimate of drug-likeness (QED) is 0.222. The van der Waals surface area contributed by atoms with Crippen molar-refractivity contribution in [2.24, 2.45) is 4.99 Å².